The van der Waals surface area contributed by atoms with Crippen molar-refractivity contribution in [2.75, 3.05) is 16.5 Å². The van der Waals surface area contributed by atoms with Gasteiger partial charge in [0.2, 0.25) is 0 Å². The summed E-state index contributed by atoms with van der Waals surface area (Å²) in [5.74, 6) is 2.80. The Morgan fingerprint density at radius 1 is 1.06 bits per heavy atom. The number of benzene rings is 2. The van der Waals surface area contributed by atoms with Crippen molar-refractivity contribution >= 4 is 51.2 Å². The fraction of sp³-hybridized carbons (Fsp3) is 0.136. The molecular weight excluding hydrogens is 446 g/mol. The predicted octanol–water partition coefficient (Wildman–Crippen LogP) is 3.96. The molecule has 0 radical (unpaired) electrons. The van der Waals surface area contributed by atoms with E-state index < -0.39 is 0 Å². The molecule has 1 aliphatic heterocycles. The second kappa shape index (κ2) is 7.61. The average Bonchev–Trinajstić information content (AvgIpc) is 3.49. The minimum atomic E-state index is -0.189. The maximum atomic E-state index is 13.7. The lowest BCUT2D eigenvalue weighted by Gasteiger charge is -2.26. The van der Waals surface area contributed by atoms with Crippen LogP contribution in [0.25, 0.3) is 27.8 Å². The summed E-state index contributed by atoms with van der Waals surface area (Å²) in [6.07, 6.45) is 3.13. The molecular formula is C22H16ClN7OS. The molecule has 0 saturated carbocycles. The van der Waals surface area contributed by atoms with Crippen LogP contribution in [0, 0.1) is 0 Å². The number of anilines is 1. The Kier molecular flexibility index (Phi) is 4.58. The SMILES string of the molecule is O=c1c2c(Cl)cccc2nc(C2CSCN2c2ncnc3[nH]cnc23)n1-c1ccccc1. The topological polar surface area (TPSA) is 92.6 Å². The number of halogens is 1. The van der Waals surface area contributed by atoms with Gasteiger partial charge in [0.15, 0.2) is 11.5 Å². The number of thioether (sulfide) groups is 1. The summed E-state index contributed by atoms with van der Waals surface area (Å²) < 4.78 is 1.67. The van der Waals surface area contributed by atoms with Gasteiger partial charge in [-0.15, -0.1) is 11.8 Å². The summed E-state index contributed by atoms with van der Waals surface area (Å²) in [4.78, 5) is 37.0. The third-order valence-corrected chi connectivity index (χ3v) is 6.86. The van der Waals surface area contributed by atoms with E-state index in [0.717, 1.165) is 11.4 Å². The molecule has 0 amide bonds. The first-order valence-electron chi connectivity index (χ1n) is 9.97. The molecule has 6 rings (SSSR count). The van der Waals surface area contributed by atoms with Crippen molar-refractivity contribution in [1.29, 1.82) is 0 Å². The molecule has 10 heteroatoms. The molecule has 0 bridgehead atoms. The zero-order valence-electron chi connectivity index (χ0n) is 16.6. The Labute approximate surface area is 191 Å². The molecule has 158 valence electrons. The third-order valence-electron chi connectivity index (χ3n) is 5.54. The Balaban J connectivity index is 1.61. The maximum absolute atomic E-state index is 13.7. The summed E-state index contributed by atoms with van der Waals surface area (Å²) in [6, 6.07) is 14.7. The number of hydrogen-bond acceptors (Lipinski definition) is 7. The highest BCUT2D eigenvalue weighted by Gasteiger charge is 2.34. The first-order valence-corrected chi connectivity index (χ1v) is 11.5. The largest absolute Gasteiger partial charge is 0.334 e. The molecule has 1 aliphatic rings. The van der Waals surface area contributed by atoms with E-state index in [9.17, 15) is 4.79 Å². The van der Waals surface area contributed by atoms with Gasteiger partial charge in [-0.3, -0.25) is 9.36 Å². The van der Waals surface area contributed by atoms with E-state index in [1.54, 1.807) is 28.7 Å². The standard InChI is InChI=1S/C22H16ClN7OS/c23-14-7-4-8-15-17(14)22(31)30(13-5-2-1-3-6-13)20(28-15)16-9-32-12-29(16)21-18-19(25-10-24-18)26-11-27-21/h1-8,10-11,16H,9,12H2,(H,24,25,26,27). The van der Waals surface area contributed by atoms with Crippen LogP contribution >= 0.6 is 23.4 Å². The molecule has 0 spiro atoms. The van der Waals surface area contributed by atoms with Gasteiger partial charge in [-0.2, -0.15) is 0 Å². The van der Waals surface area contributed by atoms with Crippen LogP contribution in [0.15, 0.2) is 66.0 Å². The van der Waals surface area contributed by atoms with Crippen molar-refractivity contribution in [2.24, 2.45) is 0 Å². The minimum Gasteiger partial charge on any atom is -0.334 e. The van der Waals surface area contributed by atoms with Crippen LogP contribution in [0.3, 0.4) is 0 Å². The van der Waals surface area contributed by atoms with Crippen LogP contribution in [0.5, 0.6) is 0 Å². The van der Waals surface area contributed by atoms with Gasteiger partial charge < -0.3 is 9.88 Å². The van der Waals surface area contributed by atoms with Gasteiger partial charge in [0.1, 0.15) is 17.7 Å². The van der Waals surface area contributed by atoms with Gasteiger partial charge in [0.25, 0.3) is 5.56 Å². The van der Waals surface area contributed by atoms with Crippen LogP contribution in [-0.4, -0.2) is 41.1 Å². The summed E-state index contributed by atoms with van der Waals surface area (Å²) in [5, 5.41) is 0.804. The number of aromatic amines is 1. The smallest absolute Gasteiger partial charge is 0.267 e. The molecule has 0 aliphatic carbocycles. The van der Waals surface area contributed by atoms with Crippen LogP contribution in [0.4, 0.5) is 5.82 Å². The van der Waals surface area contributed by atoms with Crippen molar-refractivity contribution in [3.05, 3.63) is 82.4 Å². The van der Waals surface area contributed by atoms with Gasteiger partial charge in [0.05, 0.1) is 39.9 Å². The van der Waals surface area contributed by atoms with E-state index in [0.29, 0.717) is 44.6 Å². The van der Waals surface area contributed by atoms with E-state index in [-0.39, 0.29) is 11.6 Å². The molecule has 8 nitrogen and oxygen atoms in total. The van der Waals surface area contributed by atoms with Crippen LogP contribution in [-0.2, 0) is 0 Å². The Morgan fingerprint density at radius 3 is 2.81 bits per heavy atom. The van der Waals surface area contributed by atoms with E-state index in [2.05, 4.69) is 24.8 Å². The number of hydrogen-bond donors (Lipinski definition) is 1. The maximum Gasteiger partial charge on any atom is 0.267 e. The minimum absolute atomic E-state index is 0.189. The molecule has 1 N–H and O–H groups in total. The Bertz CT molecular complexity index is 1520. The number of fused-ring (bicyclic) bond motifs is 2. The molecule has 5 aromatic rings. The molecule has 2 aromatic carbocycles. The molecule has 32 heavy (non-hydrogen) atoms. The van der Waals surface area contributed by atoms with E-state index in [1.807, 2.05) is 42.5 Å². The second-order valence-electron chi connectivity index (χ2n) is 7.36. The van der Waals surface area contributed by atoms with Crippen molar-refractivity contribution in [3.63, 3.8) is 0 Å². The van der Waals surface area contributed by atoms with Crippen LogP contribution in [0.2, 0.25) is 5.02 Å². The molecule has 4 heterocycles. The first kappa shape index (κ1) is 19.3. The van der Waals surface area contributed by atoms with Gasteiger partial charge in [0, 0.05) is 5.75 Å². The highest BCUT2D eigenvalue weighted by Crippen LogP contribution is 2.38. The lowest BCUT2D eigenvalue weighted by Crippen LogP contribution is -2.33. The number of H-pyrrole nitrogens is 1. The van der Waals surface area contributed by atoms with Crippen LogP contribution < -0.4 is 10.5 Å². The van der Waals surface area contributed by atoms with Crippen molar-refractivity contribution in [2.45, 2.75) is 6.04 Å². The number of nitrogens with one attached hydrogen (secondary N) is 1. The van der Waals surface area contributed by atoms with Crippen molar-refractivity contribution < 1.29 is 0 Å². The van der Waals surface area contributed by atoms with Gasteiger partial charge in [-0.05, 0) is 24.3 Å². The first-order chi connectivity index (χ1) is 15.7. The van der Waals surface area contributed by atoms with Crippen molar-refractivity contribution in [1.82, 2.24) is 29.5 Å². The van der Waals surface area contributed by atoms with Gasteiger partial charge in [-0.1, -0.05) is 35.9 Å². The number of para-hydroxylation sites is 1. The highest BCUT2D eigenvalue weighted by molar-refractivity contribution is 7.99. The van der Waals surface area contributed by atoms with Crippen molar-refractivity contribution in [3.8, 4) is 5.69 Å². The normalized spacial score (nSPS) is 16.3. The number of imidazole rings is 1. The van der Waals surface area contributed by atoms with E-state index in [4.69, 9.17) is 16.6 Å². The van der Waals surface area contributed by atoms with E-state index >= 15 is 0 Å². The molecule has 1 saturated heterocycles. The lowest BCUT2D eigenvalue weighted by molar-refractivity contribution is 0.668. The number of rotatable bonds is 3. The highest BCUT2D eigenvalue weighted by atomic mass is 35.5. The lowest BCUT2D eigenvalue weighted by atomic mass is 10.2. The summed E-state index contributed by atoms with van der Waals surface area (Å²) in [5.41, 5.74) is 2.49. The summed E-state index contributed by atoms with van der Waals surface area (Å²) >= 11 is 8.17. The zero-order chi connectivity index (χ0) is 21.7. The Morgan fingerprint density at radius 2 is 1.94 bits per heavy atom. The monoisotopic (exact) mass is 461 g/mol. The molecule has 3 aromatic heterocycles. The third kappa shape index (κ3) is 2.96. The summed E-state index contributed by atoms with van der Waals surface area (Å²) in [6.45, 7) is 0. The fourth-order valence-electron chi connectivity index (χ4n) is 4.08. The molecule has 1 atom stereocenters. The van der Waals surface area contributed by atoms with E-state index in [1.165, 1.54) is 6.33 Å². The van der Waals surface area contributed by atoms with Gasteiger partial charge in [-0.25, -0.2) is 19.9 Å². The zero-order valence-corrected chi connectivity index (χ0v) is 18.2. The molecule has 1 fully saturated rings. The number of aromatic nitrogens is 6. The molecule has 1 unspecified atom stereocenters. The van der Waals surface area contributed by atoms with Gasteiger partial charge >= 0.3 is 0 Å². The predicted molar refractivity (Wildman–Crippen MR) is 127 cm³/mol. The fourth-order valence-corrected chi connectivity index (χ4v) is 5.49. The van der Waals surface area contributed by atoms with Crippen LogP contribution in [0.1, 0.15) is 11.9 Å². The number of nitrogens with zero attached hydrogens (tertiary/aromatic N) is 6. The average molecular weight is 462 g/mol. The Hall–Kier alpha value is -3.43. The quantitative estimate of drug-likeness (QED) is 0.434. The summed E-state index contributed by atoms with van der Waals surface area (Å²) in [7, 11) is 0. The second-order valence-corrected chi connectivity index (χ2v) is 8.77.